The van der Waals surface area contributed by atoms with Crippen LogP contribution in [0.25, 0.3) is 0 Å². The molecule has 1 aromatic rings. The number of hydrogen-bond donors (Lipinski definition) is 2. The lowest BCUT2D eigenvalue weighted by Gasteiger charge is -2.29. The number of anilines is 1. The van der Waals surface area contributed by atoms with E-state index in [9.17, 15) is 9.50 Å². The van der Waals surface area contributed by atoms with Crippen molar-refractivity contribution in [2.45, 2.75) is 39.8 Å². The summed E-state index contributed by atoms with van der Waals surface area (Å²) in [6.45, 7) is 9.54. The van der Waals surface area contributed by atoms with E-state index in [0.717, 1.165) is 12.2 Å². The fraction of sp³-hybridized carbons (Fsp3) is 0.625. The lowest BCUT2D eigenvalue weighted by Crippen LogP contribution is -2.37. The van der Waals surface area contributed by atoms with E-state index in [4.69, 9.17) is 0 Å². The van der Waals surface area contributed by atoms with E-state index in [1.54, 1.807) is 19.9 Å². The van der Waals surface area contributed by atoms with Crippen molar-refractivity contribution < 1.29 is 9.50 Å². The number of halogens is 1. The zero-order valence-electron chi connectivity index (χ0n) is 13.2. The predicted octanol–water partition coefficient (Wildman–Crippen LogP) is 2.78. The number of aliphatic hydroxyl groups is 1. The minimum Gasteiger partial charge on any atom is -0.389 e. The molecule has 0 amide bonds. The van der Waals surface area contributed by atoms with Gasteiger partial charge in [0.15, 0.2) is 0 Å². The highest BCUT2D eigenvalue weighted by atomic mass is 19.1. The molecule has 0 saturated heterocycles. The molecule has 3 nitrogen and oxygen atoms in total. The molecule has 114 valence electrons. The molecule has 0 unspecified atom stereocenters. The highest BCUT2D eigenvalue weighted by Gasteiger charge is 2.19. The zero-order valence-corrected chi connectivity index (χ0v) is 13.2. The maximum atomic E-state index is 14.0. The molecule has 2 N–H and O–H groups in total. The highest BCUT2D eigenvalue weighted by Crippen LogP contribution is 2.23. The quantitative estimate of drug-likeness (QED) is 0.807. The van der Waals surface area contributed by atoms with Crippen LogP contribution in [-0.2, 0) is 6.54 Å². The van der Waals surface area contributed by atoms with Crippen LogP contribution < -0.4 is 10.2 Å². The van der Waals surface area contributed by atoms with Crippen LogP contribution in [0.2, 0.25) is 0 Å². The Morgan fingerprint density at radius 1 is 1.35 bits per heavy atom. The molecule has 0 fully saturated rings. The lowest BCUT2D eigenvalue weighted by atomic mass is 10.1. The van der Waals surface area contributed by atoms with Gasteiger partial charge in [0.05, 0.1) is 5.60 Å². The standard InChI is InChI=1S/C16H27FN2O/c1-12(2)9-18-10-13-14(17)7-6-8-15(13)19(5)11-16(3,4)20/h6-8,12,18,20H,9-11H2,1-5H3. The number of likely N-dealkylation sites (N-methyl/N-ethyl adjacent to an activating group) is 1. The summed E-state index contributed by atoms with van der Waals surface area (Å²) in [6, 6.07) is 5.08. The minimum absolute atomic E-state index is 0.207. The van der Waals surface area contributed by atoms with Crippen molar-refractivity contribution in [2.24, 2.45) is 5.92 Å². The van der Waals surface area contributed by atoms with E-state index in [-0.39, 0.29) is 5.82 Å². The van der Waals surface area contributed by atoms with Crippen molar-refractivity contribution >= 4 is 5.69 Å². The van der Waals surface area contributed by atoms with E-state index in [1.165, 1.54) is 6.07 Å². The summed E-state index contributed by atoms with van der Waals surface area (Å²) in [6.07, 6.45) is 0. The van der Waals surface area contributed by atoms with Gasteiger partial charge in [-0.05, 0) is 38.4 Å². The molecule has 0 radical (unpaired) electrons. The van der Waals surface area contributed by atoms with Gasteiger partial charge in [0.2, 0.25) is 0 Å². The van der Waals surface area contributed by atoms with Gasteiger partial charge in [0.25, 0.3) is 0 Å². The van der Waals surface area contributed by atoms with Crippen molar-refractivity contribution in [3.05, 3.63) is 29.6 Å². The van der Waals surface area contributed by atoms with Gasteiger partial charge in [-0.3, -0.25) is 0 Å². The Labute approximate surface area is 121 Å². The Balaban J connectivity index is 2.87. The Morgan fingerprint density at radius 3 is 2.55 bits per heavy atom. The maximum Gasteiger partial charge on any atom is 0.129 e. The Kier molecular flexibility index (Phi) is 5.96. The lowest BCUT2D eigenvalue weighted by molar-refractivity contribution is 0.0885. The van der Waals surface area contributed by atoms with Gasteiger partial charge in [-0.1, -0.05) is 19.9 Å². The number of nitrogens with zero attached hydrogens (tertiary/aromatic N) is 1. The summed E-state index contributed by atoms with van der Waals surface area (Å²) < 4.78 is 14.0. The molecule has 0 aliphatic rings. The maximum absolute atomic E-state index is 14.0. The van der Waals surface area contributed by atoms with Crippen LogP contribution in [0.4, 0.5) is 10.1 Å². The molecule has 1 rings (SSSR count). The monoisotopic (exact) mass is 282 g/mol. The van der Waals surface area contributed by atoms with Crippen LogP contribution in [0.15, 0.2) is 18.2 Å². The smallest absolute Gasteiger partial charge is 0.129 e. The Bertz CT molecular complexity index is 427. The summed E-state index contributed by atoms with van der Waals surface area (Å²) in [5.74, 6) is 0.320. The van der Waals surface area contributed by atoms with Crippen molar-refractivity contribution in [3.63, 3.8) is 0 Å². The molecule has 4 heteroatoms. The van der Waals surface area contributed by atoms with Gasteiger partial charge in [-0.15, -0.1) is 0 Å². The minimum atomic E-state index is -0.816. The summed E-state index contributed by atoms with van der Waals surface area (Å²) in [7, 11) is 1.87. The van der Waals surface area contributed by atoms with Gasteiger partial charge in [0, 0.05) is 31.4 Å². The molecule has 0 heterocycles. The number of rotatable bonds is 7. The van der Waals surface area contributed by atoms with Crippen molar-refractivity contribution in [1.29, 1.82) is 0 Å². The average molecular weight is 282 g/mol. The largest absolute Gasteiger partial charge is 0.389 e. The molecule has 0 spiro atoms. The summed E-state index contributed by atoms with van der Waals surface area (Å²) in [5.41, 5.74) is 0.659. The molecule has 20 heavy (non-hydrogen) atoms. The van der Waals surface area contributed by atoms with Crippen molar-refractivity contribution in [2.75, 3.05) is 25.0 Å². The summed E-state index contributed by atoms with van der Waals surface area (Å²) in [4.78, 5) is 1.90. The van der Waals surface area contributed by atoms with Crippen molar-refractivity contribution in [1.82, 2.24) is 5.32 Å². The second-order valence-corrected chi connectivity index (χ2v) is 6.43. The first kappa shape index (κ1) is 16.9. The molecule has 0 aromatic heterocycles. The van der Waals surface area contributed by atoms with Crippen molar-refractivity contribution in [3.8, 4) is 0 Å². The Morgan fingerprint density at radius 2 is 2.00 bits per heavy atom. The molecule has 0 aliphatic carbocycles. The molecule has 1 aromatic carbocycles. The van der Waals surface area contributed by atoms with E-state index in [1.807, 2.05) is 18.0 Å². The first-order chi connectivity index (χ1) is 9.20. The molecule has 0 bridgehead atoms. The number of hydrogen-bond acceptors (Lipinski definition) is 3. The number of nitrogens with one attached hydrogen (secondary N) is 1. The number of benzene rings is 1. The predicted molar refractivity (Wildman–Crippen MR) is 82.5 cm³/mol. The highest BCUT2D eigenvalue weighted by molar-refractivity contribution is 5.54. The third-order valence-electron chi connectivity index (χ3n) is 2.98. The molecular weight excluding hydrogens is 255 g/mol. The second kappa shape index (κ2) is 7.04. The average Bonchev–Trinajstić information content (AvgIpc) is 2.28. The molecule has 0 aliphatic heterocycles. The van der Waals surface area contributed by atoms with Crippen LogP contribution in [-0.4, -0.2) is 30.8 Å². The molecule has 0 saturated carbocycles. The van der Waals surface area contributed by atoms with Gasteiger partial charge in [-0.25, -0.2) is 4.39 Å². The third-order valence-corrected chi connectivity index (χ3v) is 2.98. The normalized spacial score (nSPS) is 12.0. The van der Waals surface area contributed by atoms with Gasteiger partial charge >= 0.3 is 0 Å². The first-order valence-electron chi connectivity index (χ1n) is 7.12. The molecular formula is C16H27FN2O. The second-order valence-electron chi connectivity index (χ2n) is 6.43. The van der Waals surface area contributed by atoms with Gasteiger partial charge < -0.3 is 15.3 Å². The van der Waals surface area contributed by atoms with E-state index >= 15 is 0 Å². The fourth-order valence-corrected chi connectivity index (χ4v) is 2.23. The fourth-order valence-electron chi connectivity index (χ4n) is 2.23. The van der Waals surface area contributed by atoms with Crippen LogP contribution >= 0.6 is 0 Å². The van der Waals surface area contributed by atoms with Crippen LogP contribution in [0.5, 0.6) is 0 Å². The Hall–Kier alpha value is -1.13. The van der Waals surface area contributed by atoms with Crippen LogP contribution in [0.1, 0.15) is 33.3 Å². The topological polar surface area (TPSA) is 35.5 Å². The van der Waals surface area contributed by atoms with Gasteiger partial charge in [-0.2, -0.15) is 0 Å². The molecule has 0 atom stereocenters. The van der Waals surface area contributed by atoms with Gasteiger partial charge in [0.1, 0.15) is 5.82 Å². The summed E-state index contributed by atoms with van der Waals surface area (Å²) >= 11 is 0. The van der Waals surface area contributed by atoms with Crippen LogP contribution in [0, 0.1) is 11.7 Å². The SMILES string of the molecule is CC(C)CNCc1c(F)cccc1N(C)CC(C)(C)O. The van der Waals surface area contributed by atoms with E-state index < -0.39 is 5.60 Å². The van der Waals surface area contributed by atoms with E-state index in [0.29, 0.717) is 24.6 Å². The first-order valence-corrected chi connectivity index (χ1v) is 7.12. The zero-order chi connectivity index (χ0) is 15.3. The third kappa shape index (κ3) is 5.47. The summed E-state index contributed by atoms with van der Waals surface area (Å²) in [5, 5.41) is 13.2. The van der Waals surface area contributed by atoms with Crippen LogP contribution in [0.3, 0.4) is 0 Å². The van der Waals surface area contributed by atoms with E-state index in [2.05, 4.69) is 19.2 Å².